The summed E-state index contributed by atoms with van der Waals surface area (Å²) in [6, 6.07) is 16.1. The molecule has 0 aliphatic carbocycles. The molecule has 24 heavy (non-hydrogen) atoms. The summed E-state index contributed by atoms with van der Waals surface area (Å²) >= 11 is 11.2. The second-order valence-electron chi connectivity index (χ2n) is 5.43. The van der Waals surface area contributed by atoms with Crippen LogP contribution in [-0.2, 0) is 0 Å². The maximum absolute atomic E-state index is 6.13. The number of nitrogens with one attached hydrogen (secondary N) is 1. The van der Waals surface area contributed by atoms with Gasteiger partial charge in [-0.15, -0.1) is 11.3 Å². The van der Waals surface area contributed by atoms with Gasteiger partial charge in [0, 0.05) is 16.4 Å². The van der Waals surface area contributed by atoms with Crippen LogP contribution in [0.2, 0.25) is 4.34 Å². The highest BCUT2D eigenvalue weighted by Crippen LogP contribution is 2.37. The lowest BCUT2D eigenvalue weighted by atomic mass is 10.2. The number of halogens is 2. The van der Waals surface area contributed by atoms with E-state index in [0.717, 1.165) is 36.5 Å². The second-order valence-corrected chi connectivity index (χ2v) is 8.06. The molecule has 3 nitrogen and oxygen atoms in total. The molecule has 0 saturated heterocycles. The van der Waals surface area contributed by atoms with Crippen molar-refractivity contribution in [3.63, 3.8) is 0 Å². The maximum atomic E-state index is 6.13. The molecule has 6 heteroatoms. The van der Waals surface area contributed by atoms with Gasteiger partial charge in [0.25, 0.3) is 0 Å². The fourth-order valence-corrected chi connectivity index (χ4v) is 3.96. The van der Waals surface area contributed by atoms with E-state index in [1.54, 1.807) is 0 Å². The maximum Gasteiger partial charge on any atom is 0.144 e. The van der Waals surface area contributed by atoms with Crippen molar-refractivity contribution in [1.29, 1.82) is 0 Å². The highest BCUT2D eigenvalue weighted by Gasteiger charge is 2.16. The van der Waals surface area contributed by atoms with Crippen LogP contribution in [0, 0.1) is 6.92 Å². The summed E-state index contributed by atoms with van der Waals surface area (Å²) in [6.07, 6.45) is 2.02. The number of aryl methyl sites for hydroxylation is 1. The molecular weight excluding hydrogens is 406 g/mol. The number of nitrogens with zero attached hydrogens (tertiary/aromatic N) is 2. The van der Waals surface area contributed by atoms with E-state index in [4.69, 9.17) is 16.6 Å². The van der Waals surface area contributed by atoms with Crippen LogP contribution in [0.4, 0.5) is 11.5 Å². The van der Waals surface area contributed by atoms with Crippen LogP contribution >= 0.6 is 38.9 Å². The molecule has 3 heterocycles. The smallest absolute Gasteiger partial charge is 0.144 e. The quantitative estimate of drug-likeness (QED) is 0.410. The SMILES string of the molecule is Cc1ccccc1Nc1c(-c2ccc(Cl)s2)nc2ccc(Br)cn12. The summed E-state index contributed by atoms with van der Waals surface area (Å²) in [5, 5.41) is 3.54. The highest BCUT2D eigenvalue weighted by molar-refractivity contribution is 9.10. The van der Waals surface area contributed by atoms with Crippen LogP contribution in [0.3, 0.4) is 0 Å². The number of imidazole rings is 1. The average molecular weight is 419 g/mol. The van der Waals surface area contributed by atoms with E-state index in [2.05, 4.69) is 44.7 Å². The molecule has 0 amide bonds. The molecule has 0 saturated carbocycles. The molecule has 0 radical (unpaired) electrons. The van der Waals surface area contributed by atoms with E-state index in [-0.39, 0.29) is 0 Å². The van der Waals surface area contributed by atoms with Gasteiger partial charge < -0.3 is 5.32 Å². The minimum atomic E-state index is 0.755. The molecule has 0 fully saturated rings. The van der Waals surface area contributed by atoms with Crippen LogP contribution in [0.1, 0.15) is 5.56 Å². The van der Waals surface area contributed by atoms with Crippen LogP contribution in [0.15, 0.2) is 59.2 Å². The van der Waals surface area contributed by atoms with Gasteiger partial charge in [0.2, 0.25) is 0 Å². The fraction of sp³-hybridized carbons (Fsp3) is 0.0556. The van der Waals surface area contributed by atoms with Gasteiger partial charge in [0.05, 0.1) is 9.21 Å². The van der Waals surface area contributed by atoms with Crippen molar-refractivity contribution in [2.75, 3.05) is 5.32 Å². The van der Waals surface area contributed by atoms with Gasteiger partial charge in [-0.2, -0.15) is 0 Å². The van der Waals surface area contributed by atoms with Gasteiger partial charge in [-0.25, -0.2) is 4.98 Å². The Labute approximate surface area is 157 Å². The summed E-state index contributed by atoms with van der Waals surface area (Å²) in [6.45, 7) is 2.09. The number of pyridine rings is 1. The zero-order valence-electron chi connectivity index (χ0n) is 12.8. The standard InChI is InChI=1S/C18H13BrClN3S/c1-11-4-2-3-5-13(11)21-18-17(14-7-8-15(20)24-14)22-16-9-6-12(19)10-23(16)18/h2-10,21H,1H3. The zero-order chi connectivity index (χ0) is 16.7. The van der Waals surface area contributed by atoms with Gasteiger partial charge in [-0.1, -0.05) is 29.8 Å². The minimum Gasteiger partial charge on any atom is -0.339 e. The first-order chi connectivity index (χ1) is 11.6. The topological polar surface area (TPSA) is 29.3 Å². The van der Waals surface area contributed by atoms with E-state index in [9.17, 15) is 0 Å². The number of aromatic nitrogens is 2. The number of rotatable bonds is 3. The first-order valence-electron chi connectivity index (χ1n) is 7.38. The Kier molecular flexibility index (Phi) is 4.08. The third kappa shape index (κ3) is 2.83. The molecule has 1 N–H and O–H groups in total. The summed E-state index contributed by atoms with van der Waals surface area (Å²) < 4.78 is 3.81. The Balaban J connectivity index is 1.93. The molecule has 120 valence electrons. The van der Waals surface area contributed by atoms with Gasteiger partial charge in [-0.3, -0.25) is 4.40 Å². The first-order valence-corrected chi connectivity index (χ1v) is 9.36. The highest BCUT2D eigenvalue weighted by atomic mass is 79.9. The van der Waals surface area contributed by atoms with Gasteiger partial charge >= 0.3 is 0 Å². The van der Waals surface area contributed by atoms with Crippen molar-refractivity contribution in [3.8, 4) is 10.6 Å². The lowest BCUT2D eigenvalue weighted by Gasteiger charge is -2.10. The minimum absolute atomic E-state index is 0.755. The fourth-order valence-electron chi connectivity index (χ4n) is 2.59. The monoisotopic (exact) mass is 417 g/mol. The number of fused-ring (bicyclic) bond motifs is 1. The second kappa shape index (κ2) is 6.24. The van der Waals surface area contributed by atoms with Crippen molar-refractivity contribution in [3.05, 3.63) is 69.1 Å². The predicted molar refractivity (Wildman–Crippen MR) is 106 cm³/mol. The molecule has 3 aromatic heterocycles. The summed E-state index contributed by atoms with van der Waals surface area (Å²) in [7, 11) is 0. The van der Waals surface area contributed by atoms with E-state index < -0.39 is 0 Å². The lowest BCUT2D eigenvalue weighted by molar-refractivity contribution is 1.17. The van der Waals surface area contributed by atoms with E-state index in [0.29, 0.717) is 0 Å². The van der Waals surface area contributed by atoms with Crippen molar-refractivity contribution >= 4 is 56.0 Å². The Hall–Kier alpha value is -1.82. The molecule has 0 aliphatic heterocycles. The number of thiophene rings is 1. The Morgan fingerprint density at radius 2 is 1.96 bits per heavy atom. The molecule has 4 rings (SSSR count). The van der Waals surface area contributed by atoms with Crippen LogP contribution in [-0.4, -0.2) is 9.38 Å². The largest absolute Gasteiger partial charge is 0.339 e. The number of para-hydroxylation sites is 1. The molecule has 0 atom stereocenters. The van der Waals surface area contributed by atoms with E-state index >= 15 is 0 Å². The number of hydrogen-bond acceptors (Lipinski definition) is 3. The lowest BCUT2D eigenvalue weighted by Crippen LogP contribution is -1.98. The van der Waals surface area contributed by atoms with Crippen molar-refractivity contribution in [2.45, 2.75) is 6.92 Å². The summed E-state index contributed by atoms with van der Waals surface area (Å²) in [4.78, 5) is 5.83. The summed E-state index contributed by atoms with van der Waals surface area (Å²) in [5.74, 6) is 0.930. The van der Waals surface area contributed by atoms with E-state index in [1.807, 2.05) is 42.6 Å². The number of anilines is 2. The molecule has 1 aromatic carbocycles. The average Bonchev–Trinajstić information content (AvgIpc) is 3.14. The zero-order valence-corrected chi connectivity index (χ0v) is 15.9. The molecule has 0 spiro atoms. The normalized spacial score (nSPS) is 11.1. The third-order valence-electron chi connectivity index (χ3n) is 3.79. The number of benzene rings is 1. The Morgan fingerprint density at radius 1 is 1.12 bits per heavy atom. The first kappa shape index (κ1) is 15.7. The van der Waals surface area contributed by atoms with Crippen LogP contribution in [0.25, 0.3) is 16.2 Å². The van der Waals surface area contributed by atoms with Gasteiger partial charge in [0.1, 0.15) is 17.2 Å². The third-order valence-corrected chi connectivity index (χ3v) is 5.49. The summed E-state index contributed by atoms with van der Waals surface area (Å²) in [5.41, 5.74) is 4.02. The Bertz CT molecular complexity index is 1040. The number of hydrogen-bond donors (Lipinski definition) is 1. The predicted octanol–water partition coefficient (Wildman–Crippen LogP) is 6.53. The van der Waals surface area contributed by atoms with Crippen molar-refractivity contribution in [1.82, 2.24) is 9.38 Å². The molecule has 0 unspecified atom stereocenters. The molecule has 4 aromatic rings. The van der Waals surface area contributed by atoms with E-state index in [1.165, 1.54) is 16.9 Å². The van der Waals surface area contributed by atoms with Crippen molar-refractivity contribution < 1.29 is 0 Å². The van der Waals surface area contributed by atoms with Gasteiger partial charge in [0.15, 0.2) is 0 Å². The van der Waals surface area contributed by atoms with Crippen molar-refractivity contribution in [2.24, 2.45) is 0 Å². The van der Waals surface area contributed by atoms with Gasteiger partial charge in [-0.05, 0) is 58.7 Å². The molecular formula is C18H13BrClN3S. The molecule has 0 aliphatic rings. The van der Waals surface area contributed by atoms with Crippen LogP contribution < -0.4 is 5.32 Å². The molecule has 0 bridgehead atoms. The van der Waals surface area contributed by atoms with Crippen LogP contribution in [0.5, 0.6) is 0 Å². The Morgan fingerprint density at radius 3 is 2.71 bits per heavy atom.